The molecule has 1 aliphatic carbocycles. The van der Waals surface area contributed by atoms with Crippen LogP contribution in [0.5, 0.6) is 0 Å². The molecule has 5 nitrogen and oxygen atoms in total. The maximum atomic E-state index is 12.4. The monoisotopic (exact) mass is 310 g/mol. The molecule has 23 heavy (non-hydrogen) atoms. The number of aromatic nitrogens is 3. The second-order valence-electron chi connectivity index (χ2n) is 6.56. The number of aryl methyl sites for hydroxylation is 3. The van der Waals surface area contributed by atoms with Crippen molar-refractivity contribution in [3.8, 4) is 0 Å². The van der Waals surface area contributed by atoms with Gasteiger partial charge in [0.25, 0.3) is 0 Å². The van der Waals surface area contributed by atoms with E-state index in [2.05, 4.69) is 19.9 Å². The first-order chi connectivity index (χ1) is 11.3. The average molecular weight is 310 g/mol. The molecule has 0 fully saturated rings. The number of nitrogens with one attached hydrogen (secondary N) is 1. The van der Waals surface area contributed by atoms with Crippen LogP contribution in [-0.2, 0) is 30.6 Å². The van der Waals surface area contributed by atoms with E-state index in [1.54, 1.807) is 0 Å². The van der Waals surface area contributed by atoms with Crippen molar-refractivity contribution in [1.82, 2.24) is 19.9 Å². The largest absolute Gasteiger partial charge is 0.349 e. The fourth-order valence-corrected chi connectivity index (χ4v) is 3.76. The molecule has 0 radical (unpaired) electrons. The van der Waals surface area contributed by atoms with Crippen LogP contribution in [0.15, 0.2) is 24.7 Å². The summed E-state index contributed by atoms with van der Waals surface area (Å²) in [4.78, 5) is 21.2. The molecule has 0 aromatic carbocycles. The topological polar surface area (TPSA) is 59.8 Å². The zero-order valence-corrected chi connectivity index (χ0v) is 13.3. The summed E-state index contributed by atoms with van der Waals surface area (Å²) < 4.78 is 2.20. The highest BCUT2D eigenvalue weighted by Crippen LogP contribution is 2.28. The van der Waals surface area contributed by atoms with Crippen LogP contribution >= 0.6 is 0 Å². The lowest BCUT2D eigenvalue weighted by Crippen LogP contribution is -2.32. The summed E-state index contributed by atoms with van der Waals surface area (Å²) in [5.41, 5.74) is 3.38. The Balaban J connectivity index is 1.44. The van der Waals surface area contributed by atoms with E-state index < -0.39 is 0 Å². The zero-order chi connectivity index (χ0) is 15.6. The van der Waals surface area contributed by atoms with Crippen molar-refractivity contribution in [2.75, 3.05) is 0 Å². The molecule has 0 bridgehead atoms. The zero-order valence-electron chi connectivity index (χ0n) is 13.3. The van der Waals surface area contributed by atoms with Gasteiger partial charge in [0.15, 0.2) is 0 Å². The van der Waals surface area contributed by atoms with E-state index in [1.807, 2.05) is 24.7 Å². The second-order valence-corrected chi connectivity index (χ2v) is 6.56. The van der Waals surface area contributed by atoms with Gasteiger partial charge in [0.05, 0.1) is 18.2 Å². The number of imidazole rings is 1. The molecule has 1 atom stereocenters. The number of nitrogens with zero attached hydrogens (tertiary/aromatic N) is 3. The van der Waals surface area contributed by atoms with E-state index in [1.165, 1.54) is 24.0 Å². The van der Waals surface area contributed by atoms with Crippen LogP contribution in [-0.4, -0.2) is 20.4 Å². The van der Waals surface area contributed by atoms with Gasteiger partial charge < -0.3 is 9.88 Å². The molecule has 2 aromatic heterocycles. The number of carbonyl (C=O) groups is 1. The standard InChI is InChI=1S/C18H22N4O/c23-18(10-14-12-22-9-2-1-6-17(22)20-14)21-16-5-3-4-13-11-19-8-7-15(13)16/h7-8,11-12,16H,1-6,9-10H2,(H,21,23)/t16-/m0/s1. The van der Waals surface area contributed by atoms with Gasteiger partial charge in [0.1, 0.15) is 5.82 Å². The Bertz CT molecular complexity index is 698. The summed E-state index contributed by atoms with van der Waals surface area (Å²) in [6, 6.07) is 2.15. The van der Waals surface area contributed by atoms with E-state index >= 15 is 0 Å². The first-order valence-corrected chi connectivity index (χ1v) is 8.56. The number of hydrogen-bond donors (Lipinski definition) is 1. The van der Waals surface area contributed by atoms with Crippen LogP contribution in [0.4, 0.5) is 0 Å². The van der Waals surface area contributed by atoms with Crippen LogP contribution in [0, 0.1) is 0 Å². The van der Waals surface area contributed by atoms with E-state index in [4.69, 9.17) is 0 Å². The van der Waals surface area contributed by atoms with Crippen LogP contribution in [0.2, 0.25) is 0 Å². The molecule has 2 aromatic rings. The summed E-state index contributed by atoms with van der Waals surface area (Å²) in [5.74, 6) is 1.20. The second kappa shape index (κ2) is 6.14. The maximum Gasteiger partial charge on any atom is 0.226 e. The molecule has 1 amide bonds. The van der Waals surface area contributed by atoms with Crippen molar-refractivity contribution in [3.63, 3.8) is 0 Å². The lowest BCUT2D eigenvalue weighted by atomic mass is 9.89. The molecule has 0 saturated carbocycles. The Kier molecular flexibility index (Phi) is 3.85. The smallest absolute Gasteiger partial charge is 0.226 e. The molecule has 0 spiro atoms. The lowest BCUT2D eigenvalue weighted by Gasteiger charge is -2.25. The Morgan fingerprint density at radius 3 is 3.17 bits per heavy atom. The number of amides is 1. The number of carbonyl (C=O) groups excluding carboxylic acids is 1. The molecule has 1 N–H and O–H groups in total. The van der Waals surface area contributed by atoms with Gasteiger partial charge in [-0.1, -0.05) is 0 Å². The normalized spacial score (nSPS) is 19.7. The van der Waals surface area contributed by atoms with E-state index in [-0.39, 0.29) is 11.9 Å². The van der Waals surface area contributed by atoms with E-state index in [0.29, 0.717) is 6.42 Å². The number of hydrogen-bond acceptors (Lipinski definition) is 3. The molecular weight excluding hydrogens is 288 g/mol. The Hall–Kier alpha value is -2.17. The van der Waals surface area contributed by atoms with Gasteiger partial charge >= 0.3 is 0 Å². The van der Waals surface area contributed by atoms with Crippen molar-refractivity contribution >= 4 is 5.91 Å². The summed E-state index contributed by atoms with van der Waals surface area (Å²) >= 11 is 0. The van der Waals surface area contributed by atoms with Crippen molar-refractivity contribution in [2.24, 2.45) is 0 Å². The average Bonchev–Trinajstić information content (AvgIpc) is 2.97. The minimum atomic E-state index is 0.0649. The van der Waals surface area contributed by atoms with Gasteiger partial charge in [0, 0.05) is 31.6 Å². The fraction of sp³-hybridized carbons (Fsp3) is 0.500. The first kappa shape index (κ1) is 14.4. The van der Waals surface area contributed by atoms with E-state index in [0.717, 1.165) is 43.7 Å². The van der Waals surface area contributed by atoms with Crippen molar-refractivity contribution < 1.29 is 4.79 Å². The number of rotatable bonds is 3. The lowest BCUT2D eigenvalue weighted by molar-refractivity contribution is -0.121. The van der Waals surface area contributed by atoms with Crippen molar-refractivity contribution in [1.29, 1.82) is 0 Å². The summed E-state index contributed by atoms with van der Waals surface area (Å²) in [7, 11) is 0. The molecule has 3 heterocycles. The van der Waals surface area contributed by atoms with Crippen LogP contribution in [0.3, 0.4) is 0 Å². The summed E-state index contributed by atoms with van der Waals surface area (Å²) in [6.45, 7) is 1.03. The Morgan fingerprint density at radius 1 is 1.30 bits per heavy atom. The fourth-order valence-electron chi connectivity index (χ4n) is 3.76. The Morgan fingerprint density at radius 2 is 2.26 bits per heavy atom. The minimum Gasteiger partial charge on any atom is -0.349 e. The molecular formula is C18H22N4O. The third kappa shape index (κ3) is 3.00. The Labute approximate surface area is 136 Å². The third-order valence-corrected chi connectivity index (χ3v) is 4.89. The molecule has 1 aliphatic heterocycles. The predicted molar refractivity (Wildman–Crippen MR) is 86.9 cm³/mol. The van der Waals surface area contributed by atoms with Crippen LogP contribution in [0.1, 0.15) is 54.4 Å². The first-order valence-electron chi connectivity index (χ1n) is 8.56. The minimum absolute atomic E-state index is 0.0649. The molecule has 0 saturated heterocycles. The van der Waals surface area contributed by atoms with Gasteiger partial charge in [-0.05, 0) is 49.3 Å². The summed E-state index contributed by atoms with van der Waals surface area (Å²) in [5, 5.41) is 3.19. The molecule has 4 rings (SSSR count). The number of pyridine rings is 1. The van der Waals surface area contributed by atoms with Crippen LogP contribution in [0.25, 0.3) is 0 Å². The van der Waals surface area contributed by atoms with Crippen molar-refractivity contribution in [2.45, 2.75) is 57.5 Å². The van der Waals surface area contributed by atoms with Gasteiger partial charge in [0.2, 0.25) is 5.91 Å². The van der Waals surface area contributed by atoms with E-state index in [9.17, 15) is 4.79 Å². The third-order valence-electron chi connectivity index (χ3n) is 4.89. The quantitative estimate of drug-likeness (QED) is 0.946. The van der Waals surface area contributed by atoms with Gasteiger partial charge in [-0.15, -0.1) is 0 Å². The highest BCUT2D eigenvalue weighted by Gasteiger charge is 2.22. The molecule has 2 aliphatic rings. The maximum absolute atomic E-state index is 12.4. The van der Waals surface area contributed by atoms with Crippen molar-refractivity contribution in [3.05, 3.63) is 47.3 Å². The molecule has 120 valence electrons. The summed E-state index contributed by atoms with van der Waals surface area (Å²) in [6.07, 6.45) is 12.8. The molecule has 5 heteroatoms. The molecule has 0 unspecified atom stereocenters. The van der Waals surface area contributed by atoms with Gasteiger partial charge in [-0.2, -0.15) is 0 Å². The highest BCUT2D eigenvalue weighted by molar-refractivity contribution is 5.78. The number of fused-ring (bicyclic) bond motifs is 2. The van der Waals surface area contributed by atoms with Gasteiger partial charge in [-0.25, -0.2) is 4.98 Å². The van der Waals surface area contributed by atoms with Crippen LogP contribution < -0.4 is 5.32 Å². The SMILES string of the molecule is O=C(Cc1cn2c(n1)CCCC2)N[C@H]1CCCc2cnccc21. The van der Waals surface area contributed by atoms with Gasteiger partial charge in [-0.3, -0.25) is 9.78 Å². The highest BCUT2D eigenvalue weighted by atomic mass is 16.1. The predicted octanol–water partition coefficient (Wildman–Crippen LogP) is 2.35.